The summed E-state index contributed by atoms with van der Waals surface area (Å²) in [4.78, 5) is 21.5. The Labute approximate surface area is 134 Å². The van der Waals surface area contributed by atoms with E-state index in [1.54, 1.807) is 11.6 Å². The first-order chi connectivity index (χ1) is 10.1. The van der Waals surface area contributed by atoms with E-state index >= 15 is 0 Å². The molecule has 0 saturated carbocycles. The Morgan fingerprint density at radius 2 is 2.19 bits per heavy atom. The van der Waals surface area contributed by atoms with E-state index in [1.165, 1.54) is 22.7 Å². The number of thiophene rings is 1. The number of nitrogens with one attached hydrogen (secondary N) is 1. The molecule has 0 saturated heterocycles. The monoisotopic (exact) mass is 335 g/mol. The lowest BCUT2D eigenvalue weighted by molar-refractivity contribution is 0.102. The average molecular weight is 336 g/mol. The predicted molar refractivity (Wildman–Crippen MR) is 87.4 cm³/mol. The number of carbonyl (C=O) groups is 1. The van der Waals surface area contributed by atoms with E-state index in [0.717, 1.165) is 15.4 Å². The number of carbonyl (C=O) groups excluding carboxylic acids is 1. The highest BCUT2D eigenvalue weighted by atomic mass is 35.5. The van der Waals surface area contributed by atoms with Crippen LogP contribution in [0.15, 0.2) is 35.8 Å². The molecular weight excluding hydrogens is 326 g/mol. The lowest BCUT2D eigenvalue weighted by atomic mass is 10.3. The van der Waals surface area contributed by atoms with E-state index in [1.807, 2.05) is 31.2 Å². The van der Waals surface area contributed by atoms with Crippen molar-refractivity contribution in [3.63, 3.8) is 0 Å². The first kappa shape index (κ1) is 14.2. The van der Waals surface area contributed by atoms with E-state index in [-0.39, 0.29) is 5.91 Å². The van der Waals surface area contributed by atoms with Gasteiger partial charge in [0.15, 0.2) is 0 Å². The summed E-state index contributed by atoms with van der Waals surface area (Å²) in [6, 6.07) is 7.40. The Morgan fingerprint density at radius 1 is 1.33 bits per heavy atom. The molecule has 0 aliphatic heterocycles. The zero-order valence-electron chi connectivity index (χ0n) is 11.0. The maximum absolute atomic E-state index is 12.1. The third-order valence-corrected chi connectivity index (χ3v) is 4.92. The second kappa shape index (κ2) is 5.93. The highest BCUT2D eigenvalue weighted by Crippen LogP contribution is 2.32. The van der Waals surface area contributed by atoms with Crippen LogP contribution in [0.2, 0.25) is 4.34 Å². The Kier molecular flexibility index (Phi) is 4.01. The number of rotatable bonds is 3. The zero-order valence-corrected chi connectivity index (χ0v) is 13.4. The van der Waals surface area contributed by atoms with Crippen LogP contribution < -0.4 is 5.32 Å². The standard InChI is InChI=1S/C14H10ClN3OS2/c1-8-4-5-16-12(6-8)18-13(19)9-7-20-14(17-9)10-2-3-11(15)21-10/h2-7H,1H3,(H,16,18,19). The number of hydrogen-bond acceptors (Lipinski definition) is 5. The Balaban J connectivity index is 1.78. The number of aromatic nitrogens is 2. The molecule has 1 N–H and O–H groups in total. The molecule has 0 atom stereocenters. The van der Waals surface area contributed by atoms with Crippen LogP contribution in [0.25, 0.3) is 9.88 Å². The number of anilines is 1. The summed E-state index contributed by atoms with van der Waals surface area (Å²) in [6.07, 6.45) is 1.66. The summed E-state index contributed by atoms with van der Waals surface area (Å²) in [6.45, 7) is 1.94. The maximum atomic E-state index is 12.1. The van der Waals surface area contributed by atoms with Crippen LogP contribution >= 0.6 is 34.3 Å². The van der Waals surface area contributed by atoms with Crippen molar-refractivity contribution in [1.82, 2.24) is 9.97 Å². The minimum atomic E-state index is -0.266. The second-order valence-corrected chi connectivity index (χ2v) is 6.89. The third-order valence-electron chi connectivity index (χ3n) is 2.68. The highest BCUT2D eigenvalue weighted by Gasteiger charge is 2.13. The van der Waals surface area contributed by atoms with Crippen LogP contribution in [0.3, 0.4) is 0 Å². The quantitative estimate of drug-likeness (QED) is 0.767. The lowest BCUT2D eigenvalue weighted by Crippen LogP contribution is -2.13. The van der Waals surface area contributed by atoms with Gasteiger partial charge in [0.1, 0.15) is 16.5 Å². The summed E-state index contributed by atoms with van der Waals surface area (Å²) in [5, 5.41) is 5.26. The van der Waals surface area contributed by atoms with Crippen LogP contribution in [0, 0.1) is 6.92 Å². The minimum absolute atomic E-state index is 0.266. The van der Waals surface area contributed by atoms with Crippen molar-refractivity contribution < 1.29 is 4.79 Å². The number of nitrogens with zero attached hydrogens (tertiary/aromatic N) is 2. The first-order valence-corrected chi connectivity index (χ1v) is 8.14. The van der Waals surface area contributed by atoms with Gasteiger partial charge < -0.3 is 5.32 Å². The molecule has 0 aromatic carbocycles. The summed E-state index contributed by atoms with van der Waals surface area (Å²) < 4.78 is 0.704. The van der Waals surface area contributed by atoms with Gasteiger partial charge in [0.05, 0.1) is 9.21 Å². The molecule has 21 heavy (non-hydrogen) atoms. The topological polar surface area (TPSA) is 54.9 Å². The van der Waals surface area contributed by atoms with E-state index in [9.17, 15) is 4.79 Å². The fraction of sp³-hybridized carbons (Fsp3) is 0.0714. The Morgan fingerprint density at radius 3 is 2.90 bits per heavy atom. The van der Waals surface area contributed by atoms with Crippen LogP contribution in [0.4, 0.5) is 5.82 Å². The van der Waals surface area contributed by atoms with Crippen molar-refractivity contribution in [2.75, 3.05) is 5.32 Å². The molecule has 0 radical (unpaired) electrons. The number of amides is 1. The van der Waals surface area contributed by atoms with Crippen LogP contribution in [0.5, 0.6) is 0 Å². The normalized spacial score (nSPS) is 10.6. The molecule has 3 heterocycles. The van der Waals surface area contributed by atoms with Crippen molar-refractivity contribution in [3.05, 3.63) is 51.4 Å². The largest absolute Gasteiger partial charge is 0.305 e. The second-order valence-electron chi connectivity index (χ2n) is 4.31. The Hall–Kier alpha value is -1.76. The molecule has 3 aromatic heterocycles. The van der Waals surface area contributed by atoms with Gasteiger partial charge in [-0.1, -0.05) is 11.6 Å². The summed E-state index contributed by atoms with van der Waals surface area (Å²) in [5.41, 5.74) is 1.41. The number of hydrogen-bond donors (Lipinski definition) is 1. The van der Waals surface area contributed by atoms with E-state index in [4.69, 9.17) is 11.6 Å². The number of aryl methyl sites for hydroxylation is 1. The zero-order chi connectivity index (χ0) is 14.8. The molecule has 7 heteroatoms. The fourth-order valence-corrected chi connectivity index (χ4v) is 3.62. The summed E-state index contributed by atoms with van der Waals surface area (Å²) in [5.74, 6) is 0.256. The van der Waals surface area contributed by atoms with Crippen LogP contribution in [0.1, 0.15) is 16.1 Å². The molecule has 0 bridgehead atoms. The van der Waals surface area contributed by atoms with Crippen molar-refractivity contribution in [2.45, 2.75) is 6.92 Å². The predicted octanol–water partition coefficient (Wildman–Crippen LogP) is 4.48. The molecule has 1 amide bonds. The van der Waals surface area contributed by atoms with Crippen molar-refractivity contribution in [1.29, 1.82) is 0 Å². The van der Waals surface area contributed by atoms with Crippen LogP contribution in [-0.2, 0) is 0 Å². The van der Waals surface area contributed by atoms with Gasteiger partial charge in [-0.2, -0.15) is 0 Å². The smallest absolute Gasteiger partial charge is 0.276 e. The third kappa shape index (κ3) is 3.29. The van der Waals surface area contributed by atoms with E-state index in [0.29, 0.717) is 15.8 Å². The van der Waals surface area contributed by atoms with Gasteiger partial charge in [0.25, 0.3) is 5.91 Å². The van der Waals surface area contributed by atoms with E-state index < -0.39 is 0 Å². The van der Waals surface area contributed by atoms with Gasteiger partial charge in [-0.25, -0.2) is 9.97 Å². The molecular formula is C14H10ClN3OS2. The summed E-state index contributed by atoms with van der Waals surface area (Å²) in [7, 11) is 0. The molecule has 0 spiro atoms. The SMILES string of the molecule is Cc1ccnc(NC(=O)c2csc(-c3ccc(Cl)s3)n2)c1. The Bertz CT molecular complexity index is 797. The molecule has 106 valence electrons. The molecule has 3 rings (SSSR count). The molecule has 0 fully saturated rings. The van der Waals surface area contributed by atoms with Gasteiger partial charge in [0, 0.05) is 11.6 Å². The molecule has 0 unspecified atom stereocenters. The molecule has 3 aromatic rings. The van der Waals surface area contributed by atoms with Gasteiger partial charge in [-0.05, 0) is 36.8 Å². The van der Waals surface area contributed by atoms with Gasteiger partial charge in [-0.3, -0.25) is 4.79 Å². The molecule has 0 aliphatic rings. The lowest BCUT2D eigenvalue weighted by Gasteiger charge is -2.02. The van der Waals surface area contributed by atoms with E-state index in [2.05, 4.69) is 15.3 Å². The van der Waals surface area contributed by atoms with Crippen molar-refractivity contribution in [3.8, 4) is 9.88 Å². The fourth-order valence-electron chi connectivity index (χ4n) is 1.71. The summed E-state index contributed by atoms with van der Waals surface area (Å²) >= 11 is 8.77. The number of pyridine rings is 1. The molecule has 4 nitrogen and oxygen atoms in total. The number of thiazole rings is 1. The average Bonchev–Trinajstić information content (AvgIpc) is 3.07. The van der Waals surface area contributed by atoms with Gasteiger partial charge in [-0.15, -0.1) is 22.7 Å². The van der Waals surface area contributed by atoms with Gasteiger partial charge >= 0.3 is 0 Å². The van der Waals surface area contributed by atoms with Crippen molar-refractivity contribution in [2.24, 2.45) is 0 Å². The van der Waals surface area contributed by atoms with Crippen LogP contribution in [-0.4, -0.2) is 15.9 Å². The highest BCUT2D eigenvalue weighted by molar-refractivity contribution is 7.23. The first-order valence-electron chi connectivity index (χ1n) is 6.07. The minimum Gasteiger partial charge on any atom is -0.305 e. The molecule has 0 aliphatic carbocycles. The number of halogens is 1. The van der Waals surface area contributed by atoms with Crippen molar-refractivity contribution >= 4 is 46.0 Å². The maximum Gasteiger partial charge on any atom is 0.276 e. The van der Waals surface area contributed by atoms with Gasteiger partial charge in [0.2, 0.25) is 0 Å².